The first-order valence-corrected chi connectivity index (χ1v) is 6.30. The van der Waals surface area contributed by atoms with Crippen LogP contribution in [0.3, 0.4) is 0 Å². The van der Waals surface area contributed by atoms with Gasteiger partial charge in [0.15, 0.2) is 0 Å². The van der Waals surface area contributed by atoms with Crippen molar-refractivity contribution >= 4 is 11.8 Å². The van der Waals surface area contributed by atoms with E-state index in [4.69, 9.17) is 0 Å². The van der Waals surface area contributed by atoms with Gasteiger partial charge in [0, 0.05) is 19.5 Å². The van der Waals surface area contributed by atoms with Gasteiger partial charge in [-0.2, -0.15) is 0 Å². The fourth-order valence-corrected chi connectivity index (χ4v) is 2.61. The molecule has 0 aromatic heterocycles. The lowest BCUT2D eigenvalue weighted by atomic mass is 10.0. The Labute approximate surface area is 96.4 Å². The minimum Gasteiger partial charge on any atom is -0.354 e. The van der Waals surface area contributed by atoms with E-state index in [-0.39, 0.29) is 18.4 Å². The molecule has 2 rings (SSSR count). The van der Waals surface area contributed by atoms with Gasteiger partial charge in [-0.1, -0.05) is 12.8 Å². The smallest absolute Gasteiger partial charge is 0.239 e. The number of nitrogens with zero attached hydrogens (tertiary/aromatic N) is 1. The summed E-state index contributed by atoms with van der Waals surface area (Å²) < 4.78 is 0. The van der Waals surface area contributed by atoms with Gasteiger partial charge in [-0.05, 0) is 25.2 Å². The first-order chi connectivity index (χ1) is 7.75. The van der Waals surface area contributed by atoms with Gasteiger partial charge in [-0.15, -0.1) is 0 Å². The average Bonchev–Trinajstić information content (AvgIpc) is 2.65. The van der Waals surface area contributed by atoms with Crippen LogP contribution in [0.5, 0.6) is 0 Å². The van der Waals surface area contributed by atoms with Gasteiger partial charge in [0.25, 0.3) is 0 Å². The van der Waals surface area contributed by atoms with E-state index in [1.54, 1.807) is 4.90 Å². The van der Waals surface area contributed by atoms with E-state index >= 15 is 0 Å². The molecule has 0 aromatic rings. The summed E-state index contributed by atoms with van der Waals surface area (Å²) in [5.74, 6) is 0.722. The number of amides is 2. The third-order valence-electron chi connectivity index (χ3n) is 3.55. The van der Waals surface area contributed by atoms with Crippen molar-refractivity contribution in [3.8, 4) is 0 Å². The normalized spacial score (nSPS) is 23.0. The fourth-order valence-electron chi connectivity index (χ4n) is 2.61. The van der Waals surface area contributed by atoms with Crippen LogP contribution < -0.4 is 5.32 Å². The SMILES string of the molecule is O=C1CN(C(=O)CC2CCCC2)CCCN1. The second-order valence-electron chi connectivity index (χ2n) is 4.87. The topological polar surface area (TPSA) is 49.4 Å². The van der Waals surface area contributed by atoms with Crippen LogP contribution in [-0.4, -0.2) is 36.3 Å². The van der Waals surface area contributed by atoms with Gasteiger partial charge in [-0.25, -0.2) is 0 Å². The second-order valence-corrected chi connectivity index (χ2v) is 4.87. The fraction of sp³-hybridized carbons (Fsp3) is 0.833. The van der Waals surface area contributed by atoms with Crippen LogP contribution in [0.15, 0.2) is 0 Å². The third kappa shape index (κ3) is 2.97. The van der Waals surface area contributed by atoms with Crippen molar-refractivity contribution < 1.29 is 9.59 Å². The van der Waals surface area contributed by atoms with Crippen molar-refractivity contribution in [3.63, 3.8) is 0 Å². The number of carbonyl (C=O) groups excluding carboxylic acids is 2. The summed E-state index contributed by atoms with van der Waals surface area (Å²) in [7, 11) is 0. The van der Waals surface area contributed by atoms with Gasteiger partial charge in [0.1, 0.15) is 0 Å². The molecule has 0 unspecified atom stereocenters. The molecule has 1 saturated heterocycles. The van der Waals surface area contributed by atoms with Crippen LogP contribution in [0.4, 0.5) is 0 Å². The highest BCUT2D eigenvalue weighted by Gasteiger charge is 2.24. The van der Waals surface area contributed by atoms with Gasteiger partial charge in [0.2, 0.25) is 11.8 Å². The summed E-state index contributed by atoms with van der Waals surface area (Å²) in [6.45, 7) is 1.68. The summed E-state index contributed by atoms with van der Waals surface area (Å²) in [5.41, 5.74) is 0. The molecule has 0 spiro atoms. The Balaban J connectivity index is 1.84. The van der Waals surface area contributed by atoms with Crippen LogP contribution in [0, 0.1) is 5.92 Å². The Morgan fingerprint density at radius 1 is 1.31 bits per heavy atom. The number of hydrogen-bond acceptors (Lipinski definition) is 2. The molecular formula is C12H20N2O2. The van der Waals surface area contributed by atoms with E-state index in [0.717, 1.165) is 13.0 Å². The van der Waals surface area contributed by atoms with Crippen LogP contribution in [0.25, 0.3) is 0 Å². The largest absolute Gasteiger partial charge is 0.354 e. The maximum absolute atomic E-state index is 12.0. The predicted molar refractivity (Wildman–Crippen MR) is 60.8 cm³/mol. The molecule has 1 aliphatic carbocycles. The maximum atomic E-state index is 12.0. The molecule has 4 heteroatoms. The zero-order valence-electron chi connectivity index (χ0n) is 9.71. The highest BCUT2D eigenvalue weighted by Crippen LogP contribution is 2.28. The molecule has 1 N–H and O–H groups in total. The van der Waals surface area contributed by atoms with Crippen molar-refractivity contribution in [2.45, 2.75) is 38.5 Å². The first kappa shape index (κ1) is 11.4. The number of hydrogen-bond donors (Lipinski definition) is 1. The lowest BCUT2D eigenvalue weighted by Crippen LogP contribution is -2.37. The molecule has 90 valence electrons. The van der Waals surface area contributed by atoms with Crippen molar-refractivity contribution in [3.05, 3.63) is 0 Å². The molecular weight excluding hydrogens is 204 g/mol. The lowest BCUT2D eigenvalue weighted by Gasteiger charge is -2.20. The van der Waals surface area contributed by atoms with Gasteiger partial charge < -0.3 is 10.2 Å². The molecule has 16 heavy (non-hydrogen) atoms. The summed E-state index contributed by atoms with van der Waals surface area (Å²) in [5, 5.41) is 2.79. The first-order valence-electron chi connectivity index (χ1n) is 6.30. The third-order valence-corrected chi connectivity index (χ3v) is 3.55. The Morgan fingerprint density at radius 3 is 2.81 bits per heavy atom. The van der Waals surface area contributed by atoms with E-state index in [1.807, 2.05) is 0 Å². The van der Waals surface area contributed by atoms with Crippen molar-refractivity contribution in [2.75, 3.05) is 19.6 Å². The molecule has 1 heterocycles. The summed E-state index contributed by atoms with van der Waals surface area (Å²) in [4.78, 5) is 25.1. The Hall–Kier alpha value is -1.06. The highest BCUT2D eigenvalue weighted by atomic mass is 16.2. The van der Waals surface area contributed by atoms with Crippen LogP contribution in [0.2, 0.25) is 0 Å². The van der Waals surface area contributed by atoms with Crippen LogP contribution in [0.1, 0.15) is 38.5 Å². The molecule has 1 saturated carbocycles. The number of carbonyl (C=O) groups is 2. The number of rotatable bonds is 2. The molecule has 2 fully saturated rings. The zero-order chi connectivity index (χ0) is 11.4. The summed E-state index contributed by atoms with van der Waals surface area (Å²) in [6, 6.07) is 0. The maximum Gasteiger partial charge on any atom is 0.239 e. The van der Waals surface area contributed by atoms with Crippen LogP contribution in [-0.2, 0) is 9.59 Å². The van der Waals surface area contributed by atoms with E-state index in [9.17, 15) is 9.59 Å². The molecule has 0 aromatic carbocycles. The second kappa shape index (κ2) is 5.32. The van der Waals surface area contributed by atoms with Crippen molar-refractivity contribution in [1.29, 1.82) is 0 Å². The Kier molecular flexibility index (Phi) is 3.80. The monoisotopic (exact) mass is 224 g/mol. The van der Waals surface area contributed by atoms with E-state index in [2.05, 4.69) is 5.32 Å². The predicted octanol–water partition coefficient (Wildman–Crippen LogP) is 0.915. The summed E-state index contributed by atoms with van der Waals surface area (Å²) in [6.07, 6.45) is 6.42. The zero-order valence-corrected chi connectivity index (χ0v) is 9.71. The average molecular weight is 224 g/mol. The van der Waals surface area contributed by atoms with E-state index in [1.165, 1.54) is 25.7 Å². The minimum atomic E-state index is -0.0164. The molecule has 4 nitrogen and oxygen atoms in total. The molecule has 0 atom stereocenters. The minimum absolute atomic E-state index is 0.0164. The van der Waals surface area contributed by atoms with E-state index in [0.29, 0.717) is 18.9 Å². The van der Waals surface area contributed by atoms with Crippen molar-refractivity contribution in [1.82, 2.24) is 10.2 Å². The molecule has 1 aliphatic heterocycles. The van der Waals surface area contributed by atoms with E-state index < -0.39 is 0 Å². The molecule has 2 amide bonds. The summed E-state index contributed by atoms with van der Waals surface area (Å²) >= 11 is 0. The Bertz CT molecular complexity index is 272. The van der Waals surface area contributed by atoms with Gasteiger partial charge >= 0.3 is 0 Å². The van der Waals surface area contributed by atoms with Crippen LogP contribution >= 0.6 is 0 Å². The standard InChI is InChI=1S/C12H20N2O2/c15-11-9-14(7-3-6-13-11)12(16)8-10-4-1-2-5-10/h10H,1-9H2,(H,13,15). The van der Waals surface area contributed by atoms with Gasteiger partial charge in [-0.3, -0.25) is 9.59 Å². The lowest BCUT2D eigenvalue weighted by molar-refractivity contribution is -0.136. The number of nitrogens with one attached hydrogen (secondary N) is 1. The van der Waals surface area contributed by atoms with Crippen molar-refractivity contribution in [2.24, 2.45) is 5.92 Å². The molecule has 0 radical (unpaired) electrons. The molecule has 2 aliphatic rings. The Morgan fingerprint density at radius 2 is 2.06 bits per heavy atom. The quantitative estimate of drug-likeness (QED) is 0.758. The van der Waals surface area contributed by atoms with Gasteiger partial charge in [0.05, 0.1) is 6.54 Å². The molecule has 0 bridgehead atoms. The highest BCUT2D eigenvalue weighted by molar-refractivity contribution is 5.85.